The average molecular weight is 392 g/mol. The molecule has 0 aliphatic carbocycles. The third kappa shape index (κ3) is 4.48. The molecule has 1 heterocycles. The lowest BCUT2D eigenvalue weighted by Crippen LogP contribution is -2.28. The minimum Gasteiger partial charge on any atom is -0.482 e. The third-order valence-corrected chi connectivity index (χ3v) is 3.33. The summed E-state index contributed by atoms with van der Waals surface area (Å²) in [6.07, 6.45) is -3.65. The minimum absolute atomic E-state index is 0.00436. The molecule has 0 saturated carbocycles. The molecule has 26 heavy (non-hydrogen) atoms. The maximum Gasteiger partial charge on any atom is 0.422 e. The Bertz CT molecular complexity index is 936. The fourth-order valence-corrected chi connectivity index (χ4v) is 2.23. The van der Waals surface area contributed by atoms with Crippen LogP contribution in [0.3, 0.4) is 0 Å². The Morgan fingerprint density at radius 2 is 2.04 bits per heavy atom. The monoisotopic (exact) mass is 392 g/mol. The number of carbonyl (C=O) groups is 1. The Morgan fingerprint density at radius 3 is 2.65 bits per heavy atom. The Morgan fingerprint density at radius 1 is 1.35 bits per heavy atom. The van der Waals surface area contributed by atoms with Crippen molar-refractivity contribution in [2.45, 2.75) is 13.1 Å². The zero-order chi connectivity index (χ0) is 19.5. The SMILES string of the molecule is CCOC(=O)c1c[nH]c(=S)n(-c2ccc(F)cc2OCC(F)(F)F)c1=O. The van der Waals surface area contributed by atoms with Crippen LogP contribution in [0.15, 0.2) is 29.2 Å². The first-order chi connectivity index (χ1) is 12.1. The van der Waals surface area contributed by atoms with Crippen LogP contribution in [0.5, 0.6) is 5.75 Å². The van der Waals surface area contributed by atoms with Gasteiger partial charge < -0.3 is 14.5 Å². The predicted octanol–water partition coefficient (Wildman–Crippen LogP) is 3.15. The molecule has 1 aromatic heterocycles. The number of alkyl halides is 3. The molecule has 0 radical (unpaired) electrons. The zero-order valence-electron chi connectivity index (χ0n) is 13.2. The van der Waals surface area contributed by atoms with Crippen molar-refractivity contribution < 1.29 is 31.8 Å². The highest BCUT2D eigenvalue weighted by molar-refractivity contribution is 7.71. The number of esters is 1. The topological polar surface area (TPSA) is 73.3 Å². The van der Waals surface area contributed by atoms with Gasteiger partial charge in [-0.2, -0.15) is 13.2 Å². The highest BCUT2D eigenvalue weighted by Crippen LogP contribution is 2.26. The van der Waals surface area contributed by atoms with E-state index >= 15 is 0 Å². The molecule has 0 aliphatic rings. The van der Waals surface area contributed by atoms with Crippen molar-refractivity contribution in [3.05, 3.63) is 50.9 Å². The van der Waals surface area contributed by atoms with Gasteiger partial charge in [0, 0.05) is 12.3 Å². The number of hydrogen-bond acceptors (Lipinski definition) is 5. The minimum atomic E-state index is -4.68. The first-order valence-electron chi connectivity index (χ1n) is 7.15. The van der Waals surface area contributed by atoms with Gasteiger partial charge in [0.05, 0.1) is 12.3 Å². The number of nitrogens with zero attached hydrogens (tertiary/aromatic N) is 1. The van der Waals surface area contributed by atoms with E-state index in [9.17, 15) is 27.2 Å². The van der Waals surface area contributed by atoms with E-state index < -0.39 is 41.4 Å². The summed E-state index contributed by atoms with van der Waals surface area (Å²) in [5.41, 5.74) is -1.63. The molecular formula is C15H12F4N2O4S. The molecule has 140 valence electrons. The molecule has 0 spiro atoms. The van der Waals surface area contributed by atoms with Crippen molar-refractivity contribution in [3.63, 3.8) is 0 Å². The number of aromatic amines is 1. The Labute approximate surface area is 149 Å². The number of halogens is 4. The summed E-state index contributed by atoms with van der Waals surface area (Å²) in [7, 11) is 0. The lowest BCUT2D eigenvalue weighted by Gasteiger charge is -2.15. The summed E-state index contributed by atoms with van der Waals surface area (Å²) in [5, 5.41) is 0. The lowest BCUT2D eigenvalue weighted by molar-refractivity contribution is -0.153. The summed E-state index contributed by atoms with van der Waals surface area (Å²) in [5.74, 6) is -2.39. The number of nitrogens with one attached hydrogen (secondary N) is 1. The molecule has 1 N–H and O–H groups in total. The number of carbonyl (C=O) groups excluding carboxylic acids is 1. The molecular weight excluding hydrogens is 380 g/mol. The van der Waals surface area contributed by atoms with Gasteiger partial charge in [-0.3, -0.25) is 4.79 Å². The number of aromatic nitrogens is 2. The Hall–Kier alpha value is -2.69. The smallest absolute Gasteiger partial charge is 0.422 e. The van der Waals surface area contributed by atoms with Crippen molar-refractivity contribution in [1.29, 1.82) is 0 Å². The summed E-state index contributed by atoms with van der Waals surface area (Å²) >= 11 is 4.97. The molecule has 6 nitrogen and oxygen atoms in total. The number of ether oxygens (including phenoxy) is 2. The van der Waals surface area contributed by atoms with E-state index in [-0.39, 0.29) is 17.1 Å². The molecule has 0 amide bonds. The van der Waals surface area contributed by atoms with Crippen LogP contribution in [0.4, 0.5) is 17.6 Å². The van der Waals surface area contributed by atoms with Crippen molar-refractivity contribution in [2.75, 3.05) is 13.2 Å². The first kappa shape index (κ1) is 19.6. The van der Waals surface area contributed by atoms with Gasteiger partial charge in [0.2, 0.25) is 0 Å². The molecule has 2 aromatic rings. The molecule has 0 bridgehead atoms. The van der Waals surface area contributed by atoms with Crippen molar-refractivity contribution >= 4 is 18.2 Å². The normalized spacial score (nSPS) is 11.3. The third-order valence-electron chi connectivity index (χ3n) is 3.03. The van der Waals surface area contributed by atoms with Crippen LogP contribution >= 0.6 is 12.2 Å². The molecule has 0 aliphatic heterocycles. The van der Waals surface area contributed by atoms with E-state index in [2.05, 4.69) is 9.72 Å². The van der Waals surface area contributed by atoms with Crippen molar-refractivity contribution in [2.24, 2.45) is 0 Å². The van der Waals surface area contributed by atoms with Crippen LogP contribution in [-0.4, -0.2) is 34.9 Å². The van der Waals surface area contributed by atoms with Gasteiger partial charge in [-0.25, -0.2) is 13.8 Å². The molecule has 1 aromatic carbocycles. The van der Waals surface area contributed by atoms with E-state index in [0.29, 0.717) is 6.07 Å². The second kappa shape index (κ2) is 7.68. The van der Waals surface area contributed by atoms with Crippen LogP contribution in [0, 0.1) is 10.6 Å². The van der Waals surface area contributed by atoms with Gasteiger partial charge in [-0.15, -0.1) is 0 Å². The maximum atomic E-state index is 13.4. The molecule has 0 fully saturated rings. The molecule has 2 rings (SSSR count). The highest BCUT2D eigenvalue weighted by atomic mass is 32.1. The van der Waals surface area contributed by atoms with Crippen LogP contribution in [-0.2, 0) is 4.74 Å². The fraction of sp³-hybridized carbons (Fsp3) is 0.267. The predicted molar refractivity (Wildman–Crippen MR) is 84.7 cm³/mol. The zero-order valence-corrected chi connectivity index (χ0v) is 14.0. The second-order valence-corrected chi connectivity index (χ2v) is 5.27. The molecule has 0 unspecified atom stereocenters. The number of H-pyrrole nitrogens is 1. The summed E-state index contributed by atoms with van der Waals surface area (Å²) in [6, 6.07) is 2.61. The van der Waals surface area contributed by atoms with Crippen LogP contribution in [0.25, 0.3) is 5.69 Å². The maximum absolute atomic E-state index is 13.4. The van der Waals surface area contributed by atoms with Gasteiger partial charge in [-0.05, 0) is 31.3 Å². The van der Waals surface area contributed by atoms with Gasteiger partial charge in [0.25, 0.3) is 5.56 Å². The number of rotatable bonds is 5. The first-order valence-corrected chi connectivity index (χ1v) is 7.56. The summed E-state index contributed by atoms with van der Waals surface area (Å²) in [6.45, 7) is -0.165. The number of hydrogen-bond donors (Lipinski definition) is 1. The van der Waals surface area contributed by atoms with Crippen LogP contribution < -0.4 is 10.3 Å². The quantitative estimate of drug-likeness (QED) is 0.481. The molecule has 11 heteroatoms. The van der Waals surface area contributed by atoms with Crippen LogP contribution in [0.2, 0.25) is 0 Å². The number of benzene rings is 1. The second-order valence-electron chi connectivity index (χ2n) is 4.88. The van der Waals surface area contributed by atoms with Crippen molar-refractivity contribution in [1.82, 2.24) is 9.55 Å². The average Bonchev–Trinajstić information content (AvgIpc) is 2.54. The van der Waals surface area contributed by atoms with Gasteiger partial charge in [0.15, 0.2) is 11.4 Å². The highest BCUT2D eigenvalue weighted by Gasteiger charge is 2.29. The van der Waals surface area contributed by atoms with E-state index in [0.717, 1.165) is 22.9 Å². The van der Waals surface area contributed by atoms with E-state index in [1.807, 2.05) is 0 Å². The van der Waals surface area contributed by atoms with Crippen molar-refractivity contribution in [3.8, 4) is 11.4 Å². The molecule has 0 atom stereocenters. The van der Waals surface area contributed by atoms with Gasteiger partial charge in [-0.1, -0.05) is 0 Å². The Kier molecular flexibility index (Phi) is 5.80. The largest absolute Gasteiger partial charge is 0.482 e. The van der Waals surface area contributed by atoms with E-state index in [4.69, 9.17) is 17.0 Å². The van der Waals surface area contributed by atoms with Gasteiger partial charge in [0.1, 0.15) is 17.1 Å². The fourth-order valence-electron chi connectivity index (χ4n) is 1.99. The summed E-state index contributed by atoms with van der Waals surface area (Å²) < 4.78 is 60.5. The standard InChI is InChI=1S/C15H12F4N2O4S/c1-2-24-13(23)9-6-20-14(26)21(12(9)22)10-4-3-8(16)5-11(10)25-7-15(17,18)19/h3-6H,2,7H2,1H3,(H,20,26). The van der Waals surface area contributed by atoms with Gasteiger partial charge >= 0.3 is 12.1 Å². The van der Waals surface area contributed by atoms with E-state index in [1.165, 1.54) is 6.92 Å². The lowest BCUT2D eigenvalue weighted by atomic mass is 10.2. The Balaban J connectivity index is 2.61. The van der Waals surface area contributed by atoms with Crippen LogP contribution in [0.1, 0.15) is 17.3 Å². The van der Waals surface area contributed by atoms with E-state index in [1.54, 1.807) is 0 Å². The molecule has 0 saturated heterocycles. The summed E-state index contributed by atoms with van der Waals surface area (Å²) in [4.78, 5) is 26.8.